The van der Waals surface area contributed by atoms with Gasteiger partial charge in [0, 0.05) is 24.2 Å². The number of ether oxygens (including phenoxy) is 1. The summed E-state index contributed by atoms with van der Waals surface area (Å²) in [4.78, 5) is 23.8. The van der Waals surface area contributed by atoms with E-state index in [9.17, 15) is 9.90 Å². The Morgan fingerprint density at radius 3 is 2.61 bits per heavy atom. The van der Waals surface area contributed by atoms with E-state index in [1.807, 2.05) is 30.3 Å². The molecule has 1 aliphatic carbocycles. The van der Waals surface area contributed by atoms with E-state index in [2.05, 4.69) is 34.9 Å². The van der Waals surface area contributed by atoms with E-state index in [0.717, 1.165) is 30.8 Å². The molecule has 166 valence electrons. The van der Waals surface area contributed by atoms with Crippen LogP contribution in [0, 0.1) is 0 Å². The summed E-state index contributed by atoms with van der Waals surface area (Å²) < 4.78 is 6.85. The van der Waals surface area contributed by atoms with Crippen LogP contribution in [-0.4, -0.2) is 52.9 Å². The Hall–Kier alpha value is -2.36. The van der Waals surface area contributed by atoms with E-state index in [1.165, 1.54) is 4.31 Å². The minimum absolute atomic E-state index is 0.177. The number of rotatable bonds is 5. The Morgan fingerprint density at radius 1 is 1.29 bits per heavy atom. The van der Waals surface area contributed by atoms with Crippen molar-refractivity contribution in [1.82, 2.24) is 15.3 Å². The molecule has 1 aromatic carbocycles. The lowest BCUT2D eigenvalue weighted by atomic mass is 10.0. The van der Waals surface area contributed by atoms with Crippen LogP contribution in [0.3, 0.4) is 0 Å². The predicted molar refractivity (Wildman–Crippen MR) is 123 cm³/mol. The van der Waals surface area contributed by atoms with Gasteiger partial charge in [0.15, 0.2) is 5.82 Å². The van der Waals surface area contributed by atoms with Gasteiger partial charge in [-0.2, -0.15) is 0 Å². The number of amides is 2. The molecular weight excluding hydrogens is 414 g/mol. The maximum absolute atomic E-state index is 12.2. The summed E-state index contributed by atoms with van der Waals surface area (Å²) in [5.41, 5.74) is 0.896. The number of aromatic nitrogens is 2. The van der Waals surface area contributed by atoms with Crippen molar-refractivity contribution in [2.45, 2.75) is 51.3 Å². The van der Waals surface area contributed by atoms with Gasteiger partial charge in [0.05, 0.1) is 30.6 Å². The molecule has 1 aromatic heterocycles. The molecule has 9 heteroatoms. The normalized spacial score (nSPS) is 19.3. The fraction of sp³-hybridized carbons (Fsp3) is 0.500. The first-order valence-corrected chi connectivity index (χ1v) is 11.0. The zero-order valence-electron chi connectivity index (χ0n) is 18.1. The van der Waals surface area contributed by atoms with Gasteiger partial charge in [-0.15, -0.1) is 0 Å². The van der Waals surface area contributed by atoms with Crippen LogP contribution in [0.5, 0.6) is 0 Å². The number of thiol groups is 1. The number of carbonyl (C=O) groups excluding carboxylic acids is 1. The van der Waals surface area contributed by atoms with Crippen molar-refractivity contribution < 1.29 is 14.6 Å². The second kappa shape index (κ2) is 8.64. The molecule has 0 unspecified atom stereocenters. The number of anilines is 2. The average molecular weight is 444 g/mol. The van der Waals surface area contributed by atoms with Crippen molar-refractivity contribution in [2.75, 3.05) is 29.0 Å². The maximum Gasteiger partial charge on any atom is 0.332 e. The third-order valence-electron chi connectivity index (χ3n) is 5.47. The summed E-state index contributed by atoms with van der Waals surface area (Å²) in [6.45, 7) is 7.52. The second-order valence-electron chi connectivity index (χ2n) is 8.69. The summed E-state index contributed by atoms with van der Waals surface area (Å²) in [7, 11) is 0. The maximum atomic E-state index is 12.2. The van der Waals surface area contributed by atoms with Gasteiger partial charge in [-0.05, 0) is 57.9 Å². The first-order valence-electron chi connectivity index (χ1n) is 10.6. The highest BCUT2D eigenvalue weighted by Crippen LogP contribution is 2.29. The standard InChI is InChI=1S/C22H29N5O3S/c1-14-13-30-11-10-26(14)19-12-18(22(2,3)29)24-20(25-19)15-4-8-17(9-5-15)27(31)21(28)23-16-6-7-16/h4-5,8-9,12,14,16,29,31H,6-7,10-11,13H2,1-3H3,(H,23,28)/t14-/m0/s1. The summed E-state index contributed by atoms with van der Waals surface area (Å²) >= 11 is 4.33. The van der Waals surface area contributed by atoms with Gasteiger partial charge in [0.25, 0.3) is 0 Å². The molecule has 31 heavy (non-hydrogen) atoms. The largest absolute Gasteiger partial charge is 0.384 e. The fourth-order valence-electron chi connectivity index (χ4n) is 3.42. The molecule has 0 bridgehead atoms. The smallest absolute Gasteiger partial charge is 0.332 e. The minimum atomic E-state index is -1.11. The summed E-state index contributed by atoms with van der Waals surface area (Å²) in [5, 5.41) is 13.5. The zero-order chi connectivity index (χ0) is 22.2. The Morgan fingerprint density at radius 2 is 2.00 bits per heavy atom. The third kappa shape index (κ3) is 5.11. The molecular formula is C22H29N5O3S. The van der Waals surface area contributed by atoms with Crippen molar-refractivity contribution in [2.24, 2.45) is 0 Å². The molecule has 8 nitrogen and oxygen atoms in total. The predicted octanol–water partition coefficient (Wildman–Crippen LogP) is 3.12. The zero-order valence-corrected chi connectivity index (χ0v) is 19.0. The van der Waals surface area contributed by atoms with Crippen LogP contribution in [-0.2, 0) is 10.3 Å². The number of morpholine rings is 1. The van der Waals surface area contributed by atoms with Crippen LogP contribution in [0.4, 0.5) is 16.3 Å². The van der Waals surface area contributed by atoms with Gasteiger partial charge in [0.1, 0.15) is 11.4 Å². The van der Waals surface area contributed by atoms with Gasteiger partial charge in [-0.1, -0.05) is 12.8 Å². The molecule has 2 amide bonds. The molecule has 2 heterocycles. The topological polar surface area (TPSA) is 90.8 Å². The Kier molecular flexibility index (Phi) is 6.09. The van der Waals surface area contributed by atoms with E-state index < -0.39 is 5.60 Å². The molecule has 2 aliphatic rings. The van der Waals surface area contributed by atoms with E-state index in [-0.39, 0.29) is 18.1 Å². The molecule has 0 radical (unpaired) electrons. The van der Waals surface area contributed by atoms with Crippen LogP contribution < -0.4 is 14.5 Å². The van der Waals surface area contributed by atoms with Gasteiger partial charge in [-0.3, -0.25) is 0 Å². The Bertz CT molecular complexity index is 943. The summed E-state index contributed by atoms with van der Waals surface area (Å²) in [6, 6.07) is 9.40. The van der Waals surface area contributed by atoms with E-state index in [1.54, 1.807) is 13.8 Å². The first-order chi connectivity index (χ1) is 14.7. The molecule has 1 atom stereocenters. The van der Waals surface area contributed by atoms with Gasteiger partial charge in [-0.25, -0.2) is 19.1 Å². The lowest BCUT2D eigenvalue weighted by Gasteiger charge is -2.35. The van der Waals surface area contributed by atoms with E-state index in [0.29, 0.717) is 30.4 Å². The van der Waals surface area contributed by atoms with Crippen molar-refractivity contribution in [1.29, 1.82) is 0 Å². The molecule has 4 rings (SSSR count). The number of hydrogen-bond acceptors (Lipinski definition) is 7. The van der Waals surface area contributed by atoms with E-state index >= 15 is 0 Å². The SMILES string of the molecule is C[C@H]1COCCN1c1cc(C(C)(C)O)nc(-c2ccc(N(S)C(=O)NC3CC3)cc2)n1. The average Bonchev–Trinajstić information content (AvgIpc) is 3.56. The number of benzene rings is 1. The first kappa shape index (κ1) is 21.9. The highest BCUT2D eigenvalue weighted by atomic mass is 32.1. The van der Waals surface area contributed by atoms with Gasteiger partial charge >= 0.3 is 6.03 Å². The fourth-order valence-corrected chi connectivity index (χ4v) is 3.62. The van der Waals surface area contributed by atoms with Crippen molar-refractivity contribution in [3.05, 3.63) is 36.0 Å². The minimum Gasteiger partial charge on any atom is -0.384 e. The van der Waals surface area contributed by atoms with Crippen molar-refractivity contribution in [3.63, 3.8) is 0 Å². The third-order valence-corrected chi connectivity index (χ3v) is 5.88. The molecule has 2 fully saturated rings. The number of nitrogens with zero attached hydrogens (tertiary/aromatic N) is 4. The molecule has 0 spiro atoms. The van der Waals surface area contributed by atoms with E-state index in [4.69, 9.17) is 9.72 Å². The number of carbonyl (C=O) groups is 1. The van der Waals surface area contributed by atoms with Crippen LogP contribution in [0.15, 0.2) is 30.3 Å². The summed E-state index contributed by atoms with van der Waals surface area (Å²) in [6.07, 6.45) is 2.04. The Labute approximate surface area is 188 Å². The monoisotopic (exact) mass is 443 g/mol. The molecule has 1 saturated heterocycles. The molecule has 2 aromatic rings. The summed E-state index contributed by atoms with van der Waals surface area (Å²) in [5.74, 6) is 1.29. The van der Waals surface area contributed by atoms with Crippen molar-refractivity contribution in [3.8, 4) is 11.4 Å². The number of hydrogen-bond donors (Lipinski definition) is 3. The lowest BCUT2D eigenvalue weighted by molar-refractivity contribution is 0.0736. The highest BCUT2D eigenvalue weighted by Gasteiger charge is 2.27. The number of nitrogens with one attached hydrogen (secondary N) is 1. The van der Waals surface area contributed by atoms with Crippen LogP contribution in [0.1, 0.15) is 39.3 Å². The molecule has 1 aliphatic heterocycles. The molecule has 1 saturated carbocycles. The Balaban J connectivity index is 1.63. The second-order valence-corrected chi connectivity index (χ2v) is 9.09. The van der Waals surface area contributed by atoms with Crippen LogP contribution >= 0.6 is 12.8 Å². The molecule has 2 N–H and O–H groups in total. The number of urea groups is 1. The quantitative estimate of drug-likeness (QED) is 0.615. The van der Waals surface area contributed by atoms with Gasteiger partial charge in [0.2, 0.25) is 0 Å². The van der Waals surface area contributed by atoms with Crippen LogP contribution in [0.25, 0.3) is 11.4 Å². The van der Waals surface area contributed by atoms with Crippen molar-refractivity contribution >= 4 is 30.4 Å². The highest BCUT2D eigenvalue weighted by molar-refractivity contribution is 7.82. The van der Waals surface area contributed by atoms with Gasteiger partial charge < -0.3 is 20.1 Å². The number of aliphatic hydroxyl groups is 1. The van der Waals surface area contributed by atoms with Crippen LogP contribution in [0.2, 0.25) is 0 Å². The lowest BCUT2D eigenvalue weighted by Crippen LogP contribution is -2.44.